The average molecular weight is 363 g/mol. The third-order valence-corrected chi connectivity index (χ3v) is 5.53. The highest BCUT2D eigenvalue weighted by Gasteiger charge is 2.35. The van der Waals surface area contributed by atoms with Crippen molar-refractivity contribution in [3.63, 3.8) is 0 Å². The van der Waals surface area contributed by atoms with E-state index in [1.54, 1.807) is 7.11 Å². The van der Waals surface area contributed by atoms with E-state index in [2.05, 4.69) is 36.4 Å². The van der Waals surface area contributed by atoms with Crippen LogP contribution in [0.1, 0.15) is 17.2 Å². The predicted octanol–water partition coefficient (Wildman–Crippen LogP) is 1.72. The van der Waals surface area contributed by atoms with Crippen LogP contribution in [0.5, 0.6) is 23.0 Å². The van der Waals surface area contributed by atoms with E-state index in [1.165, 1.54) is 0 Å². The van der Waals surface area contributed by atoms with Gasteiger partial charge in [0, 0.05) is 24.0 Å². The molecule has 4 aliphatic rings. The number of ether oxygens (including phenoxy) is 5. The second-order valence-corrected chi connectivity index (χ2v) is 6.92. The highest BCUT2D eigenvalue weighted by molar-refractivity contribution is 5.84. The van der Waals surface area contributed by atoms with E-state index >= 15 is 0 Å². The minimum atomic E-state index is 0.0160. The molecule has 3 heterocycles. The molecule has 0 amide bonds. The van der Waals surface area contributed by atoms with E-state index in [4.69, 9.17) is 23.7 Å². The predicted molar refractivity (Wildman–Crippen MR) is 97.7 cm³/mol. The first-order valence-corrected chi connectivity index (χ1v) is 8.81. The number of hydrogen-bond donors (Lipinski definition) is 0. The SMILES string of the molecule is COC1=Cc2cc3c(cc2C2C1=c1ccc4c(c1=CN2C)OCO4)OCO3. The number of methoxy groups -OCH3 is 1. The Morgan fingerprint density at radius 1 is 1.00 bits per heavy atom. The van der Waals surface area contributed by atoms with E-state index in [0.29, 0.717) is 0 Å². The van der Waals surface area contributed by atoms with Crippen LogP contribution < -0.4 is 29.4 Å². The van der Waals surface area contributed by atoms with Crippen molar-refractivity contribution in [1.29, 1.82) is 0 Å². The molecule has 0 saturated heterocycles. The van der Waals surface area contributed by atoms with E-state index < -0.39 is 0 Å². The fraction of sp³-hybridized carbons (Fsp3) is 0.238. The summed E-state index contributed by atoms with van der Waals surface area (Å²) in [6.07, 6.45) is 4.18. The largest absolute Gasteiger partial charge is 0.496 e. The lowest BCUT2D eigenvalue weighted by Gasteiger charge is -2.36. The fourth-order valence-electron chi connectivity index (χ4n) is 4.35. The zero-order valence-electron chi connectivity index (χ0n) is 14.9. The van der Waals surface area contributed by atoms with Crippen LogP contribution in [0.4, 0.5) is 0 Å². The monoisotopic (exact) mass is 363 g/mol. The van der Waals surface area contributed by atoms with E-state index in [-0.39, 0.29) is 19.6 Å². The van der Waals surface area contributed by atoms with Crippen molar-refractivity contribution >= 4 is 17.8 Å². The minimum Gasteiger partial charge on any atom is -0.496 e. The normalized spacial score (nSPS) is 20.4. The standard InChI is InChI=1S/C21H17NO5/c1-22-8-14-12(3-4-15-21(14)27-10-24-15)19-18(23-2)6-11-5-16-17(26-9-25-16)7-13(11)20(19)22/h3-8,20H,9-10H2,1-2H3. The fourth-order valence-corrected chi connectivity index (χ4v) is 4.35. The number of benzene rings is 2. The maximum atomic E-state index is 5.80. The molecule has 3 aliphatic heterocycles. The molecular weight excluding hydrogens is 346 g/mol. The number of rotatable bonds is 1. The summed E-state index contributed by atoms with van der Waals surface area (Å²) in [6.45, 7) is 0.510. The zero-order valence-corrected chi connectivity index (χ0v) is 14.9. The molecule has 6 nitrogen and oxygen atoms in total. The summed E-state index contributed by atoms with van der Waals surface area (Å²) >= 11 is 0. The van der Waals surface area contributed by atoms with Crippen molar-refractivity contribution in [2.75, 3.05) is 27.7 Å². The van der Waals surface area contributed by atoms with E-state index in [0.717, 1.165) is 55.9 Å². The van der Waals surface area contributed by atoms with Crippen molar-refractivity contribution in [1.82, 2.24) is 4.90 Å². The van der Waals surface area contributed by atoms with Gasteiger partial charge in [-0.25, -0.2) is 0 Å². The van der Waals surface area contributed by atoms with Gasteiger partial charge in [0.1, 0.15) is 5.76 Å². The van der Waals surface area contributed by atoms with E-state index in [1.807, 2.05) is 12.1 Å². The van der Waals surface area contributed by atoms with Crippen LogP contribution in [0.25, 0.3) is 17.8 Å². The van der Waals surface area contributed by atoms with E-state index in [9.17, 15) is 0 Å². The molecule has 27 heavy (non-hydrogen) atoms. The maximum absolute atomic E-state index is 5.80. The second kappa shape index (κ2) is 5.13. The Kier molecular flexibility index (Phi) is 2.82. The molecule has 0 fully saturated rings. The lowest BCUT2D eigenvalue weighted by Crippen LogP contribution is -2.41. The van der Waals surface area contributed by atoms with Gasteiger partial charge in [-0.2, -0.15) is 0 Å². The van der Waals surface area contributed by atoms with Gasteiger partial charge in [-0.15, -0.1) is 0 Å². The van der Waals surface area contributed by atoms with Gasteiger partial charge in [0.2, 0.25) is 13.6 Å². The lowest BCUT2D eigenvalue weighted by atomic mass is 9.83. The lowest BCUT2D eigenvalue weighted by molar-refractivity contribution is 0.173. The topological polar surface area (TPSA) is 49.4 Å². The summed E-state index contributed by atoms with van der Waals surface area (Å²) in [5, 5.41) is 2.12. The molecule has 2 aromatic carbocycles. The Labute approximate surface area is 155 Å². The molecule has 0 radical (unpaired) electrons. The zero-order chi connectivity index (χ0) is 18.1. The Balaban J connectivity index is 1.69. The first kappa shape index (κ1) is 14.8. The molecular formula is C21H17NO5. The first-order chi connectivity index (χ1) is 13.2. The van der Waals surface area contributed by atoms with Crippen LogP contribution in [-0.4, -0.2) is 32.6 Å². The molecule has 2 aromatic rings. The summed E-state index contributed by atoms with van der Waals surface area (Å²) in [6, 6.07) is 8.17. The smallest absolute Gasteiger partial charge is 0.231 e. The van der Waals surface area contributed by atoms with Gasteiger partial charge in [0.05, 0.1) is 13.2 Å². The van der Waals surface area contributed by atoms with Crippen LogP contribution in [0.15, 0.2) is 30.0 Å². The minimum absolute atomic E-state index is 0.0160. The highest BCUT2D eigenvalue weighted by Crippen LogP contribution is 2.46. The molecule has 1 aliphatic carbocycles. The molecule has 0 bridgehead atoms. The van der Waals surface area contributed by atoms with Crippen LogP contribution in [0, 0.1) is 0 Å². The summed E-state index contributed by atoms with van der Waals surface area (Å²) in [4.78, 5) is 2.19. The summed E-state index contributed by atoms with van der Waals surface area (Å²) in [5.41, 5.74) is 3.36. The molecule has 1 unspecified atom stereocenters. The summed E-state index contributed by atoms with van der Waals surface area (Å²) in [7, 11) is 3.77. The number of fused-ring (bicyclic) bond motifs is 7. The summed E-state index contributed by atoms with van der Waals surface area (Å²) < 4.78 is 28.2. The maximum Gasteiger partial charge on any atom is 0.231 e. The Bertz CT molecular complexity index is 1150. The van der Waals surface area contributed by atoms with Gasteiger partial charge < -0.3 is 28.6 Å². The van der Waals surface area contributed by atoms with Crippen molar-refractivity contribution in [3.05, 3.63) is 51.6 Å². The Hall–Kier alpha value is -3.28. The third kappa shape index (κ3) is 1.90. The Morgan fingerprint density at radius 2 is 1.78 bits per heavy atom. The van der Waals surface area contributed by atoms with Crippen LogP contribution >= 0.6 is 0 Å². The highest BCUT2D eigenvalue weighted by atomic mass is 16.7. The van der Waals surface area contributed by atoms with Crippen molar-refractivity contribution in [2.24, 2.45) is 0 Å². The van der Waals surface area contributed by atoms with Crippen molar-refractivity contribution < 1.29 is 23.7 Å². The van der Waals surface area contributed by atoms with Gasteiger partial charge in [0.15, 0.2) is 23.0 Å². The van der Waals surface area contributed by atoms with Gasteiger partial charge in [-0.1, -0.05) is 0 Å². The second-order valence-electron chi connectivity index (χ2n) is 6.92. The molecule has 6 heteroatoms. The molecule has 0 aromatic heterocycles. The molecule has 1 atom stereocenters. The van der Waals surface area contributed by atoms with Crippen LogP contribution in [0.3, 0.4) is 0 Å². The van der Waals surface area contributed by atoms with Gasteiger partial charge in [-0.05, 0) is 46.7 Å². The van der Waals surface area contributed by atoms with Crippen molar-refractivity contribution in [2.45, 2.75) is 6.04 Å². The Morgan fingerprint density at radius 3 is 2.63 bits per heavy atom. The summed E-state index contributed by atoms with van der Waals surface area (Å²) in [5.74, 6) is 3.96. The van der Waals surface area contributed by atoms with Crippen molar-refractivity contribution in [3.8, 4) is 23.0 Å². The average Bonchev–Trinajstić information content (AvgIpc) is 3.34. The first-order valence-electron chi connectivity index (χ1n) is 8.81. The van der Waals surface area contributed by atoms with Gasteiger partial charge in [0.25, 0.3) is 0 Å². The van der Waals surface area contributed by atoms with Crippen LogP contribution in [0.2, 0.25) is 0 Å². The van der Waals surface area contributed by atoms with Gasteiger partial charge >= 0.3 is 0 Å². The molecule has 0 N–H and O–H groups in total. The molecule has 0 saturated carbocycles. The molecule has 6 rings (SSSR count). The quantitative estimate of drug-likeness (QED) is 0.769. The molecule has 136 valence electrons. The van der Waals surface area contributed by atoms with Crippen LogP contribution in [-0.2, 0) is 4.74 Å². The third-order valence-electron chi connectivity index (χ3n) is 5.53. The van der Waals surface area contributed by atoms with Gasteiger partial charge in [-0.3, -0.25) is 0 Å². The number of hydrogen-bond acceptors (Lipinski definition) is 6. The molecule has 0 spiro atoms. The number of nitrogens with zero attached hydrogens (tertiary/aromatic N) is 1.